The van der Waals surface area contributed by atoms with Gasteiger partial charge in [0.2, 0.25) is 0 Å². The van der Waals surface area contributed by atoms with Crippen molar-refractivity contribution >= 4 is 46.4 Å². The van der Waals surface area contributed by atoms with Crippen LogP contribution >= 0.6 is 46.4 Å². The summed E-state index contributed by atoms with van der Waals surface area (Å²) in [7, 11) is 0. The Kier molecular flexibility index (Phi) is 4.32. The van der Waals surface area contributed by atoms with Crippen molar-refractivity contribution < 1.29 is 0 Å². The minimum absolute atomic E-state index is 0.606. The predicted octanol–water partition coefficient (Wildman–Crippen LogP) is 5.55. The van der Waals surface area contributed by atoms with Gasteiger partial charge >= 0.3 is 0 Å². The Bertz CT molecular complexity index is 244. The van der Waals surface area contributed by atoms with Crippen molar-refractivity contribution in [3.8, 4) is 0 Å². The molecular formula is C11H16Cl4. The van der Waals surface area contributed by atoms with Gasteiger partial charge in [0.1, 0.15) is 0 Å². The Labute approximate surface area is 112 Å². The molecular weight excluding hydrogens is 274 g/mol. The van der Waals surface area contributed by atoms with Crippen LogP contribution in [0.15, 0.2) is 12.2 Å². The van der Waals surface area contributed by atoms with Gasteiger partial charge in [-0.2, -0.15) is 0 Å². The summed E-state index contributed by atoms with van der Waals surface area (Å²) in [5.41, 5.74) is 2.13. The van der Waals surface area contributed by atoms with Crippen LogP contribution in [0.4, 0.5) is 0 Å². The first-order valence-corrected chi connectivity index (χ1v) is 6.57. The van der Waals surface area contributed by atoms with Crippen LogP contribution in [0.3, 0.4) is 0 Å². The van der Waals surface area contributed by atoms with Crippen molar-refractivity contribution in [3.05, 3.63) is 12.2 Å². The van der Waals surface area contributed by atoms with E-state index in [2.05, 4.69) is 20.4 Å². The highest BCUT2D eigenvalue weighted by Crippen LogP contribution is 2.60. The lowest BCUT2D eigenvalue weighted by Crippen LogP contribution is -2.48. The first-order valence-electron chi connectivity index (χ1n) is 5.05. The molecule has 3 saturated carbocycles. The molecule has 0 spiro atoms. The second-order valence-electron chi connectivity index (χ2n) is 4.93. The van der Waals surface area contributed by atoms with Crippen LogP contribution in [0.5, 0.6) is 0 Å². The molecule has 4 heteroatoms. The topological polar surface area (TPSA) is 0 Å². The van der Waals surface area contributed by atoms with Gasteiger partial charge in [-0.15, -0.1) is 0 Å². The van der Waals surface area contributed by atoms with Crippen LogP contribution < -0.4 is 0 Å². The predicted molar refractivity (Wildman–Crippen MR) is 69.9 cm³/mol. The van der Waals surface area contributed by atoms with Crippen LogP contribution in [0.1, 0.15) is 33.1 Å². The summed E-state index contributed by atoms with van der Waals surface area (Å²) in [6, 6.07) is 0. The van der Waals surface area contributed by atoms with Gasteiger partial charge in [0.05, 0.1) is 0 Å². The third-order valence-corrected chi connectivity index (χ3v) is 3.78. The van der Waals surface area contributed by atoms with Gasteiger partial charge in [0.25, 0.3) is 3.25 Å². The van der Waals surface area contributed by atoms with Crippen LogP contribution in [-0.4, -0.2) is 3.25 Å². The molecule has 3 aliphatic rings. The fourth-order valence-electron chi connectivity index (χ4n) is 2.73. The monoisotopic (exact) mass is 288 g/mol. The third kappa shape index (κ3) is 3.70. The Morgan fingerprint density at radius 3 is 1.93 bits per heavy atom. The number of alkyl halides is 4. The molecule has 0 aromatic rings. The van der Waals surface area contributed by atoms with Crippen LogP contribution in [0.2, 0.25) is 0 Å². The summed E-state index contributed by atoms with van der Waals surface area (Å²) >= 11 is 19.3. The lowest BCUT2D eigenvalue weighted by molar-refractivity contribution is -0.0273. The van der Waals surface area contributed by atoms with E-state index in [1.54, 1.807) is 0 Å². The van der Waals surface area contributed by atoms with Gasteiger partial charge in [-0.25, -0.2) is 0 Å². The summed E-state index contributed by atoms with van der Waals surface area (Å²) in [6.07, 6.45) is 4.15. The lowest BCUT2D eigenvalue weighted by atomic mass is 9.47. The normalized spacial score (nSPS) is 32.5. The van der Waals surface area contributed by atoms with Gasteiger partial charge in [-0.3, -0.25) is 0 Å². The van der Waals surface area contributed by atoms with Gasteiger partial charge in [-0.1, -0.05) is 72.4 Å². The van der Waals surface area contributed by atoms with Gasteiger partial charge in [0.15, 0.2) is 0 Å². The van der Waals surface area contributed by atoms with Crippen molar-refractivity contribution in [1.82, 2.24) is 0 Å². The summed E-state index contributed by atoms with van der Waals surface area (Å²) in [4.78, 5) is 0. The van der Waals surface area contributed by atoms with Crippen LogP contribution in [-0.2, 0) is 0 Å². The van der Waals surface area contributed by atoms with Crippen LogP contribution in [0.25, 0.3) is 0 Å². The van der Waals surface area contributed by atoms with Crippen molar-refractivity contribution in [2.75, 3.05) is 0 Å². The van der Waals surface area contributed by atoms with Crippen molar-refractivity contribution in [1.29, 1.82) is 0 Å². The third-order valence-electron chi connectivity index (χ3n) is 3.78. The van der Waals surface area contributed by atoms with Gasteiger partial charge in [0, 0.05) is 0 Å². The Morgan fingerprint density at radius 1 is 1.27 bits per heavy atom. The number of halogens is 4. The van der Waals surface area contributed by atoms with E-state index in [-0.39, 0.29) is 0 Å². The summed E-state index contributed by atoms with van der Waals surface area (Å²) in [5, 5.41) is 0. The van der Waals surface area contributed by atoms with Crippen LogP contribution in [0, 0.1) is 17.3 Å². The zero-order valence-corrected chi connectivity index (χ0v) is 12.0. The Morgan fingerprint density at radius 2 is 1.73 bits per heavy atom. The second kappa shape index (κ2) is 4.64. The molecule has 0 nitrogen and oxygen atoms in total. The number of fused-ring (bicyclic) bond motifs is 2. The van der Waals surface area contributed by atoms with E-state index in [0.29, 0.717) is 5.41 Å². The SMILES string of the molecule is C=C1CCC2CC1C2(C)C.ClC(Cl)(Cl)Cl. The Balaban J connectivity index is 0.000000195. The summed E-state index contributed by atoms with van der Waals surface area (Å²) in [5.74, 6) is 1.88. The largest absolute Gasteiger partial charge is 0.266 e. The number of rotatable bonds is 0. The van der Waals surface area contributed by atoms with Gasteiger partial charge in [-0.05, 0) is 36.5 Å². The van der Waals surface area contributed by atoms with Gasteiger partial charge < -0.3 is 0 Å². The van der Waals surface area contributed by atoms with E-state index in [1.165, 1.54) is 24.8 Å². The molecule has 3 aliphatic carbocycles. The maximum absolute atomic E-state index is 4.83. The van der Waals surface area contributed by atoms with Crippen molar-refractivity contribution in [3.63, 3.8) is 0 Å². The van der Waals surface area contributed by atoms with E-state index in [9.17, 15) is 0 Å². The van der Waals surface area contributed by atoms with Crippen molar-refractivity contribution in [2.45, 2.75) is 36.4 Å². The fraction of sp³-hybridized carbons (Fsp3) is 0.818. The number of hydrogen-bond donors (Lipinski definition) is 0. The first-order chi connectivity index (χ1) is 6.62. The lowest BCUT2D eigenvalue weighted by Gasteiger charge is -2.57. The molecule has 0 aromatic carbocycles. The van der Waals surface area contributed by atoms with E-state index in [0.717, 1.165) is 11.8 Å². The molecule has 0 aliphatic heterocycles. The van der Waals surface area contributed by atoms with E-state index in [4.69, 9.17) is 46.4 Å². The molecule has 0 N–H and O–H groups in total. The molecule has 0 aromatic heterocycles. The molecule has 0 radical (unpaired) electrons. The smallest absolute Gasteiger partial charge is 0.0996 e. The molecule has 0 amide bonds. The fourth-order valence-corrected chi connectivity index (χ4v) is 2.73. The molecule has 3 rings (SSSR count). The molecule has 2 unspecified atom stereocenters. The molecule has 3 fully saturated rings. The Hall–Kier alpha value is 0.900. The number of hydrogen-bond acceptors (Lipinski definition) is 0. The second-order valence-corrected chi connectivity index (χ2v) is 8.36. The average Bonchev–Trinajstić information content (AvgIpc) is 2.00. The minimum Gasteiger partial charge on any atom is -0.0996 e. The molecule has 15 heavy (non-hydrogen) atoms. The zero-order valence-electron chi connectivity index (χ0n) is 8.99. The molecule has 88 valence electrons. The molecule has 0 saturated heterocycles. The summed E-state index contributed by atoms with van der Waals surface area (Å²) < 4.78 is -1.61. The maximum Gasteiger partial charge on any atom is 0.266 e. The highest BCUT2D eigenvalue weighted by atomic mass is 35.6. The quantitative estimate of drug-likeness (QED) is 0.405. The number of allylic oxidation sites excluding steroid dienone is 1. The van der Waals surface area contributed by atoms with Crippen molar-refractivity contribution in [2.24, 2.45) is 17.3 Å². The highest BCUT2D eigenvalue weighted by Gasteiger charge is 2.51. The first kappa shape index (κ1) is 14.0. The van der Waals surface area contributed by atoms with E-state index < -0.39 is 3.25 Å². The maximum atomic E-state index is 4.83. The van der Waals surface area contributed by atoms with E-state index in [1.807, 2.05) is 0 Å². The summed E-state index contributed by atoms with van der Waals surface area (Å²) in [6.45, 7) is 8.93. The molecule has 2 bridgehead atoms. The molecule has 2 atom stereocenters. The highest BCUT2D eigenvalue weighted by molar-refractivity contribution is 6.83. The zero-order chi connectivity index (χ0) is 11.9. The average molecular weight is 290 g/mol. The van der Waals surface area contributed by atoms with E-state index >= 15 is 0 Å². The standard InChI is InChI=1S/C10H16.CCl4/c1-7-4-5-8-6-9(7)10(8,2)3;2-1(3,4)5/h8-9H,1,4-6H2,2-3H3;. The minimum atomic E-state index is -1.61. The molecule has 0 heterocycles.